The van der Waals surface area contributed by atoms with Crippen LogP contribution in [0.5, 0.6) is 0 Å². The maximum absolute atomic E-state index is 13.5. The zero-order chi connectivity index (χ0) is 24.9. The first-order valence-corrected chi connectivity index (χ1v) is 13.3. The van der Waals surface area contributed by atoms with Crippen molar-refractivity contribution in [2.24, 2.45) is 11.8 Å². The highest BCUT2D eigenvalue weighted by atomic mass is 16.5. The van der Waals surface area contributed by atoms with Crippen LogP contribution in [0.15, 0.2) is 84.9 Å². The molecule has 0 heterocycles. The normalized spacial score (nSPS) is 24.2. The largest absolute Gasteiger partial charge is 0.458 e. The molecular formula is C32H35NO3. The third-order valence-corrected chi connectivity index (χ3v) is 8.12. The van der Waals surface area contributed by atoms with Crippen molar-refractivity contribution in [3.05, 3.63) is 107 Å². The molecule has 2 saturated carbocycles. The van der Waals surface area contributed by atoms with Gasteiger partial charge in [0.15, 0.2) is 0 Å². The van der Waals surface area contributed by atoms with Gasteiger partial charge in [-0.1, -0.05) is 85.6 Å². The van der Waals surface area contributed by atoms with Crippen LogP contribution in [0.1, 0.15) is 89.3 Å². The van der Waals surface area contributed by atoms with Crippen LogP contribution >= 0.6 is 0 Å². The molecule has 5 atom stereocenters. The number of hydrogen-bond donors (Lipinski definition) is 1. The number of benzene rings is 3. The van der Waals surface area contributed by atoms with Gasteiger partial charge in [-0.05, 0) is 67.7 Å². The molecule has 0 saturated heterocycles. The number of hydrogen-bond acceptors (Lipinski definition) is 3. The summed E-state index contributed by atoms with van der Waals surface area (Å²) < 4.78 is 6.26. The lowest BCUT2D eigenvalue weighted by atomic mass is 9.62. The van der Waals surface area contributed by atoms with Gasteiger partial charge >= 0.3 is 5.97 Å². The molecule has 0 radical (unpaired) electrons. The van der Waals surface area contributed by atoms with Crippen LogP contribution in [0.25, 0.3) is 0 Å². The molecule has 0 bridgehead atoms. The molecule has 4 nitrogen and oxygen atoms in total. The van der Waals surface area contributed by atoms with Crippen LogP contribution in [0.4, 0.5) is 0 Å². The lowest BCUT2D eigenvalue weighted by Gasteiger charge is -2.45. The van der Waals surface area contributed by atoms with Gasteiger partial charge in [0.2, 0.25) is 0 Å². The molecule has 3 aromatic rings. The van der Waals surface area contributed by atoms with E-state index in [2.05, 4.69) is 35.6 Å². The van der Waals surface area contributed by atoms with E-state index in [9.17, 15) is 9.59 Å². The van der Waals surface area contributed by atoms with Crippen LogP contribution in [0.3, 0.4) is 0 Å². The summed E-state index contributed by atoms with van der Waals surface area (Å²) in [5, 5.41) is 3.04. The lowest BCUT2D eigenvalue weighted by Crippen LogP contribution is -2.42. The minimum absolute atomic E-state index is 0.124. The fourth-order valence-corrected chi connectivity index (χ4v) is 6.37. The molecule has 0 aliphatic heterocycles. The number of carbonyl (C=O) groups is 2. The van der Waals surface area contributed by atoms with Gasteiger partial charge in [-0.25, -0.2) is 4.79 Å². The number of fused-ring (bicyclic) bond motifs is 1. The minimum atomic E-state index is -0.392. The summed E-state index contributed by atoms with van der Waals surface area (Å²) in [6, 6.07) is 27.4. The maximum Gasteiger partial charge on any atom is 0.339 e. The minimum Gasteiger partial charge on any atom is -0.458 e. The van der Waals surface area contributed by atoms with E-state index in [1.165, 1.54) is 24.8 Å². The average molecular weight is 482 g/mol. The summed E-state index contributed by atoms with van der Waals surface area (Å²) in [6.45, 7) is 1.95. The fourth-order valence-electron chi connectivity index (χ4n) is 6.37. The van der Waals surface area contributed by atoms with E-state index in [1.54, 1.807) is 24.3 Å². The highest BCUT2D eigenvalue weighted by Gasteiger charge is 2.43. The molecule has 2 aliphatic carbocycles. The summed E-state index contributed by atoms with van der Waals surface area (Å²) in [6.07, 6.45) is 6.62. The average Bonchev–Trinajstić information content (AvgIpc) is 2.93. The Morgan fingerprint density at radius 3 is 2.11 bits per heavy atom. The number of carbonyl (C=O) groups excluding carboxylic acids is 2. The monoisotopic (exact) mass is 481 g/mol. The first kappa shape index (κ1) is 24.3. The molecule has 0 unspecified atom stereocenters. The Hall–Kier alpha value is -3.40. The summed E-state index contributed by atoms with van der Waals surface area (Å²) in [5.41, 5.74) is 3.07. The molecule has 36 heavy (non-hydrogen) atoms. The van der Waals surface area contributed by atoms with E-state index >= 15 is 0 Å². The zero-order valence-electron chi connectivity index (χ0n) is 20.9. The smallest absolute Gasteiger partial charge is 0.339 e. The Bertz CT molecular complexity index is 1170. The second kappa shape index (κ2) is 11.1. The predicted molar refractivity (Wildman–Crippen MR) is 142 cm³/mol. The predicted octanol–water partition coefficient (Wildman–Crippen LogP) is 7.09. The van der Waals surface area contributed by atoms with Gasteiger partial charge in [0.1, 0.15) is 6.10 Å². The molecule has 1 amide bonds. The van der Waals surface area contributed by atoms with Gasteiger partial charge in [0.25, 0.3) is 5.91 Å². The zero-order valence-corrected chi connectivity index (χ0v) is 20.9. The first-order valence-electron chi connectivity index (χ1n) is 13.3. The van der Waals surface area contributed by atoms with Gasteiger partial charge in [0, 0.05) is 5.92 Å². The third kappa shape index (κ3) is 5.23. The van der Waals surface area contributed by atoms with Crippen molar-refractivity contribution in [3.8, 4) is 0 Å². The molecule has 2 fully saturated rings. The van der Waals surface area contributed by atoms with Gasteiger partial charge in [-0.3, -0.25) is 4.79 Å². The SMILES string of the molecule is C[C@H](NC(=O)c1ccccc1C(=O)O[C@H]1CCC[C@H]2CCC[C@@H](c3ccccc3)[C@@H]21)c1ccccc1. The summed E-state index contributed by atoms with van der Waals surface area (Å²) in [7, 11) is 0. The highest BCUT2D eigenvalue weighted by molar-refractivity contribution is 6.05. The number of ether oxygens (including phenoxy) is 1. The molecular weight excluding hydrogens is 446 g/mol. The number of amides is 1. The van der Waals surface area contributed by atoms with Crippen molar-refractivity contribution in [1.29, 1.82) is 0 Å². The van der Waals surface area contributed by atoms with Gasteiger partial charge in [-0.2, -0.15) is 0 Å². The Morgan fingerprint density at radius 2 is 1.39 bits per heavy atom. The van der Waals surface area contributed by atoms with E-state index in [1.807, 2.05) is 37.3 Å². The maximum atomic E-state index is 13.5. The molecule has 1 N–H and O–H groups in total. The molecule has 4 heteroatoms. The van der Waals surface area contributed by atoms with E-state index < -0.39 is 5.97 Å². The summed E-state index contributed by atoms with van der Waals surface area (Å²) in [5.74, 6) is 0.670. The number of nitrogens with one attached hydrogen (secondary N) is 1. The van der Waals surface area contributed by atoms with Crippen LogP contribution in [-0.2, 0) is 4.74 Å². The topological polar surface area (TPSA) is 55.4 Å². The summed E-state index contributed by atoms with van der Waals surface area (Å²) in [4.78, 5) is 26.7. The molecule has 5 rings (SSSR count). The van der Waals surface area contributed by atoms with Gasteiger partial charge < -0.3 is 10.1 Å². The highest BCUT2D eigenvalue weighted by Crippen LogP contribution is 2.49. The van der Waals surface area contributed by atoms with E-state index in [0.29, 0.717) is 28.9 Å². The van der Waals surface area contributed by atoms with Crippen molar-refractivity contribution in [2.75, 3.05) is 0 Å². The first-order chi connectivity index (χ1) is 17.6. The standard InChI is InChI=1S/C32H35NO3/c1-22(23-12-4-2-5-13-23)33-31(34)27-18-8-9-19-28(27)32(35)36-29-21-11-17-25-16-10-20-26(30(25)29)24-14-6-3-7-15-24/h2-9,12-15,18-19,22,25-26,29-30H,10-11,16-17,20-21H2,1H3,(H,33,34)/t22-,25+,26-,29-,30+/m0/s1. The quantitative estimate of drug-likeness (QED) is 0.383. The van der Waals surface area contributed by atoms with Crippen molar-refractivity contribution in [2.45, 2.75) is 63.5 Å². The Kier molecular flexibility index (Phi) is 7.50. The molecule has 0 spiro atoms. The Balaban J connectivity index is 1.34. The molecule has 2 aliphatic rings. The second-order valence-electron chi connectivity index (χ2n) is 10.3. The van der Waals surface area contributed by atoms with E-state index in [-0.39, 0.29) is 18.1 Å². The Morgan fingerprint density at radius 1 is 0.778 bits per heavy atom. The van der Waals surface area contributed by atoms with Crippen LogP contribution in [0, 0.1) is 11.8 Å². The fraction of sp³-hybridized carbons (Fsp3) is 0.375. The summed E-state index contributed by atoms with van der Waals surface area (Å²) >= 11 is 0. The van der Waals surface area contributed by atoms with Crippen LogP contribution < -0.4 is 5.32 Å². The van der Waals surface area contributed by atoms with Gasteiger partial charge in [-0.15, -0.1) is 0 Å². The van der Waals surface area contributed by atoms with Crippen molar-refractivity contribution in [3.63, 3.8) is 0 Å². The molecule has 0 aromatic heterocycles. The lowest BCUT2D eigenvalue weighted by molar-refractivity contribution is -0.0327. The third-order valence-electron chi connectivity index (χ3n) is 8.12. The number of esters is 1. The van der Waals surface area contributed by atoms with E-state index in [0.717, 1.165) is 24.8 Å². The molecule has 3 aromatic carbocycles. The van der Waals surface area contributed by atoms with E-state index in [4.69, 9.17) is 4.74 Å². The Labute approximate surface area is 214 Å². The molecule has 186 valence electrons. The number of rotatable bonds is 6. The second-order valence-corrected chi connectivity index (χ2v) is 10.3. The van der Waals surface area contributed by atoms with Crippen molar-refractivity contribution < 1.29 is 14.3 Å². The van der Waals surface area contributed by atoms with Crippen molar-refractivity contribution in [1.82, 2.24) is 5.32 Å². The van der Waals surface area contributed by atoms with Gasteiger partial charge in [0.05, 0.1) is 17.2 Å². The van der Waals surface area contributed by atoms with Crippen molar-refractivity contribution >= 4 is 11.9 Å². The van der Waals surface area contributed by atoms with Crippen LogP contribution in [0.2, 0.25) is 0 Å². The van der Waals surface area contributed by atoms with Crippen LogP contribution in [-0.4, -0.2) is 18.0 Å².